The number of aliphatic carboxylic acids is 1. The van der Waals surface area contributed by atoms with E-state index in [0.717, 1.165) is 28.6 Å². The molecule has 7 heteroatoms. The summed E-state index contributed by atoms with van der Waals surface area (Å²) in [6, 6.07) is 8.35. The molecule has 0 spiro atoms. The molecule has 0 saturated carbocycles. The number of carboxylic acids is 1. The van der Waals surface area contributed by atoms with Gasteiger partial charge in [-0.3, -0.25) is 9.69 Å². The highest BCUT2D eigenvalue weighted by atomic mass is 19.1. The largest absolute Gasteiger partial charge is 0.496 e. The Hall–Kier alpha value is -3.19. The number of pyridine rings is 1. The van der Waals surface area contributed by atoms with Gasteiger partial charge in [-0.1, -0.05) is 6.08 Å². The number of hydrogen-bond acceptors (Lipinski definition) is 4. The molecule has 150 valence electrons. The highest BCUT2D eigenvalue weighted by Gasteiger charge is 2.22. The molecule has 2 N–H and O–H groups in total. The summed E-state index contributed by atoms with van der Waals surface area (Å²) in [6.45, 7) is 2.70. The van der Waals surface area contributed by atoms with E-state index >= 15 is 0 Å². The van der Waals surface area contributed by atoms with Crippen LogP contribution in [0.4, 0.5) is 4.39 Å². The van der Waals surface area contributed by atoms with E-state index in [1.54, 1.807) is 19.4 Å². The van der Waals surface area contributed by atoms with Gasteiger partial charge in [-0.25, -0.2) is 9.37 Å². The number of nitrogens with one attached hydrogen (secondary N) is 1. The monoisotopic (exact) mass is 395 g/mol. The third kappa shape index (κ3) is 3.73. The second-order valence-corrected chi connectivity index (χ2v) is 7.20. The number of ether oxygens (including phenoxy) is 1. The summed E-state index contributed by atoms with van der Waals surface area (Å²) < 4.78 is 19.3. The minimum absolute atomic E-state index is 0.0250. The second kappa shape index (κ2) is 7.67. The number of aromatic nitrogens is 2. The first-order valence-corrected chi connectivity index (χ1v) is 9.45. The fourth-order valence-corrected chi connectivity index (χ4v) is 3.89. The number of benzene rings is 1. The Labute approximate surface area is 167 Å². The number of methoxy groups -OCH3 is 1. The third-order valence-electron chi connectivity index (χ3n) is 5.35. The lowest BCUT2D eigenvalue weighted by atomic mass is 9.99. The second-order valence-electron chi connectivity index (χ2n) is 7.20. The van der Waals surface area contributed by atoms with Crippen molar-refractivity contribution in [3.8, 4) is 16.9 Å². The van der Waals surface area contributed by atoms with Gasteiger partial charge in [-0.15, -0.1) is 0 Å². The number of halogens is 1. The molecule has 0 amide bonds. The van der Waals surface area contributed by atoms with Gasteiger partial charge >= 0.3 is 5.97 Å². The van der Waals surface area contributed by atoms with E-state index in [4.69, 9.17) is 9.84 Å². The zero-order valence-electron chi connectivity index (χ0n) is 16.3. The maximum atomic E-state index is 13.9. The Kier molecular flexibility index (Phi) is 5.07. The Morgan fingerprint density at radius 2 is 2.17 bits per heavy atom. The van der Waals surface area contributed by atoms with Crippen LogP contribution in [-0.2, 0) is 4.79 Å². The fraction of sp³-hybridized carbons (Fsp3) is 0.273. The van der Waals surface area contributed by atoms with Crippen molar-refractivity contribution >= 4 is 22.6 Å². The van der Waals surface area contributed by atoms with E-state index in [0.29, 0.717) is 23.5 Å². The van der Waals surface area contributed by atoms with Gasteiger partial charge in [0.05, 0.1) is 13.7 Å². The van der Waals surface area contributed by atoms with Crippen molar-refractivity contribution in [2.75, 3.05) is 20.2 Å². The Morgan fingerprint density at radius 1 is 1.34 bits per heavy atom. The molecule has 1 atom stereocenters. The van der Waals surface area contributed by atoms with Gasteiger partial charge in [0.2, 0.25) is 0 Å². The van der Waals surface area contributed by atoms with E-state index in [9.17, 15) is 9.18 Å². The van der Waals surface area contributed by atoms with Gasteiger partial charge in [-0.2, -0.15) is 0 Å². The molecule has 0 unspecified atom stereocenters. The molecule has 3 aromatic rings. The number of fused-ring (bicyclic) bond motifs is 1. The van der Waals surface area contributed by atoms with E-state index < -0.39 is 5.97 Å². The average molecular weight is 395 g/mol. The third-order valence-corrected chi connectivity index (χ3v) is 5.35. The molecule has 0 bridgehead atoms. The summed E-state index contributed by atoms with van der Waals surface area (Å²) in [7, 11) is 1.56. The molecule has 3 heterocycles. The summed E-state index contributed by atoms with van der Waals surface area (Å²) in [4.78, 5) is 20.7. The average Bonchev–Trinajstić information content (AvgIpc) is 3.13. The number of rotatable bonds is 5. The Bertz CT molecular complexity index is 1110. The van der Waals surface area contributed by atoms with Gasteiger partial charge in [0, 0.05) is 35.4 Å². The molecule has 1 aliphatic rings. The summed E-state index contributed by atoms with van der Waals surface area (Å²) in [6.07, 6.45) is 4.51. The van der Waals surface area contributed by atoms with Crippen LogP contribution in [0.2, 0.25) is 0 Å². The zero-order valence-corrected chi connectivity index (χ0v) is 16.3. The molecule has 0 fully saturated rings. The van der Waals surface area contributed by atoms with E-state index in [1.807, 2.05) is 24.0 Å². The van der Waals surface area contributed by atoms with Crippen LogP contribution in [0, 0.1) is 5.82 Å². The van der Waals surface area contributed by atoms with Crippen molar-refractivity contribution in [1.29, 1.82) is 0 Å². The maximum Gasteiger partial charge on any atom is 0.317 e. The molecule has 29 heavy (non-hydrogen) atoms. The Balaban J connectivity index is 1.75. The number of aromatic amines is 1. The zero-order chi connectivity index (χ0) is 20.5. The molecule has 0 saturated heterocycles. The quantitative estimate of drug-likeness (QED) is 0.684. The molecular formula is C22H22FN3O3. The van der Waals surface area contributed by atoms with Gasteiger partial charge in [0.25, 0.3) is 0 Å². The van der Waals surface area contributed by atoms with Crippen molar-refractivity contribution in [2.24, 2.45) is 0 Å². The normalized spacial score (nSPS) is 17.3. The van der Waals surface area contributed by atoms with Crippen LogP contribution in [0.1, 0.15) is 19.0 Å². The topological polar surface area (TPSA) is 78.5 Å². The van der Waals surface area contributed by atoms with Crippen molar-refractivity contribution in [2.45, 2.75) is 19.4 Å². The molecule has 6 nitrogen and oxygen atoms in total. The van der Waals surface area contributed by atoms with E-state index in [1.165, 1.54) is 12.1 Å². The standard InChI is InChI=1S/C22H22FN3O3/c1-13-9-14(6-8-26(13)12-21(27)28)19-11-18-16(5-7-24-22(18)25-19)17-10-15(23)3-4-20(17)29-2/h3-5,7,9-11,13H,6,8,12H2,1-2H3,(H,24,25)(H,27,28)/t13-/m1/s1. The summed E-state index contributed by atoms with van der Waals surface area (Å²) >= 11 is 0. The van der Waals surface area contributed by atoms with E-state index in [-0.39, 0.29) is 18.4 Å². The number of nitrogens with zero attached hydrogens (tertiary/aromatic N) is 2. The lowest BCUT2D eigenvalue weighted by molar-refractivity contribution is -0.138. The van der Waals surface area contributed by atoms with Gasteiger partial charge < -0.3 is 14.8 Å². The SMILES string of the molecule is COc1ccc(F)cc1-c1ccnc2[nH]c(C3=C[C@@H](C)N(CC(=O)O)CC3)cc12. The number of hydrogen-bond donors (Lipinski definition) is 2. The molecule has 1 aliphatic heterocycles. The predicted molar refractivity (Wildman–Crippen MR) is 109 cm³/mol. The lowest BCUT2D eigenvalue weighted by Crippen LogP contribution is -2.39. The molecular weight excluding hydrogens is 373 g/mol. The van der Waals surface area contributed by atoms with Crippen molar-refractivity contribution < 1.29 is 19.0 Å². The summed E-state index contributed by atoms with van der Waals surface area (Å²) in [5, 5.41) is 9.93. The fourth-order valence-electron chi connectivity index (χ4n) is 3.89. The van der Waals surface area contributed by atoms with Crippen LogP contribution in [0.3, 0.4) is 0 Å². The molecule has 4 rings (SSSR count). The minimum atomic E-state index is -0.822. The highest BCUT2D eigenvalue weighted by molar-refractivity contribution is 5.96. The molecule has 0 radical (unpaired) electrons. The summed E-state index contributed by atoms with van der Waals surface area (Å²) in [5.74, 6) is -0.558. The first kappa shape index (κ1) is 19.1. The van der Waals surface area contributed by atoms with Gasteiger partial charge in [0.1, 0.15) is 17.2 Å². The molecule has 1 aromatic carbocycles. The Morgan fingerprint density at radius 3 is 2.90 bits per heavy atom. The molecule has 0 aliphatic carbocycles. The van der Waals surface area contributed by atoms with Crippen molar-refractivity contribution in [3.63, 3.8) is 0 Å². The van der Waals surface area contributed by atoms with Crippen LogP contribution in [0.5, 0.6) is 5.75 Å². The maximum absolute atomic E-state index is 13.9. The molecule has 2 aromatic heterocycles. The first-order chi connectivity index (χ1) is 14.0. The lowest BCUT2D eigenvalue weighted by Gasteiger charge is -2.30. The van der Waals surface area contributed by atoms with Crippen LogP contribution in [0.25, 0.3) is 27.7 Å². The van der Waals surface area contributed by atoms with E-state index in [2.05, 4.69) is 16.0 Å². The van der Waals surface area contributed by atoms with Gasteiger partial charge in [0.15, 0.2) is 0 Å². The van der Waals surface area contributed by atoms with Gasteiger partial charge in [-0.05, 0) is 54.8 Å². The van der Waals surface area contributed by atoms with Crippen LogP contribution in [0.15, 0.2) is 42.6 Å². The predicted octanol–water partition coefficient (Wildman–Crippen LogP) is 3.94. The number of H-pyrrole nitrogens is 1. The van der Waals surface area contributed by atoms with Crippen LogP contribution < -0.4 is 4.74 Å². The van der Waals surface area contributed by atoms with Crippen LogP contribution in [-0.4, -0.2) is 52.2 Å². The number of carbonyl (C=O) groups is 1. The smallest absolute Gasteiger partial charge is 0.317 e. The highest BCUT2D eigenvalue weighted by Crippen LogP contribution is 2.36. The van der Waals surface area contributed by atoms with Crippen molar-refractivity contribution in [3.05, 3.63) is 54.1 Å². The first-order valence-electron chi connectivity index (χ1n) is 9.45. The van der Waals surface area contributed by atoms with Crippen molar-refractivity contribution in [1.82, 2.24) is 14.9 Å². The minimum Gasteiger partial charge on any atom is -0.496 e. The number of carboxylic acid groups (broad SMARTS) is 1. The summed E-state index contributed by atoms with van der Waals surface area (Å²) in [5.41, 5.74) is 4.28. The van der Waals surface area contributed by atoms with Crippen LogP contribution >= 0.6 is 0 Å².